The topological polar surface area (TPSA) is 261 Å². The third kappa shape index (κ3) is 10.0. The van der Waals surface area contributed by atoms with E-state index in [4.69, 9.17) is 20.9 Å². The molecule has 3 aromatic rings. The number of amides is 1. The molecule has 0 radical (unpaired) electrons. The molecule has 0 fully saturated rings. The third-order valence-corrected chi connectivity index (χ3v) is 8.94. The van der Waals surface area contributed by atoms with Crippen molar-refractivity contribution in [3.63, 3.8) is 0 Å². The number of carbonyl (C=O) groups is 2. The van der Waals surface area contributed by atoms with Crippen molar-refractivity contribution < 1.29 is 52.9 Å². The van der Waals surface area contributed by atoms with Gasteiger partial charge in [0.25, 0.3) is 10.1 Å². The number of rotatable bonds is 15. The molecule has 22 heteroatoms. The Morgan fingerprint density at radius 3 is 2.28 bits per heavy atom. The maximum absolute atomic E-state index is 12.8. The molecule has 0 saturated carbocycles. The molecule has 0 unspecified atom stereocenters. The number of nitrogens with one attached hydrogen (secondary N) is 2. The summed E-state index contributed by atoms with van der Waals surface area (Å²) in [6.45, 7) is 2.18. The molecule has 46 heavy (non-hydrogen) atoms. The largest absolute Gasteiger partial charge is 0.494 e. The van der Waals surface area contributed by atoms with Gasteiger partial charge in [0, 0.05) is 18.3 Å². The Balaban J connectivity index is 2.01. The van der Waals surface area contributed by atoms with Crippen LogP contribution in [0.3, 0.4) is 0 Å². The van der Waals surface area contributed by atoms with Crippen LogP contribution in [0, 0.1) is 0 Å². The Morgan fingerprint density at radius 2 is 1.70 bits per heavy atom. The van der Waals surface area contributed by atoms with Crippen LogP contribution in [-0.2, 0) is 44.1 Å². The third-order valence-electron chi connectivity index (χ3n) is 5.74. The summed E-state index contributed by atoms with van der Waals surface area (Å²) in [7, 11) is -12.6. The molecule has 0 atom stereocenters. The molecule has 0 bridgehead atoms. The fourth-order valence-corrected chi connectivity index (χ4v) is 6.18. The van der Waals surface area contributed by atoms with E-state index < -0.39 is 65.7 Å². The van der Waals surface area contributed by atoms with Gasteiger partial charge in [0.1, 0.15) is 16.4 Å². The van der Waals surface area contributed by atoms with Crippen molar-refractivity contribution >= 4 is 82.6 Å². The predicted molar refractivity (Wildman–Crippen MR) is 164 cm³/mol. The van der Waals surface area contributed by atoms with Crippen molar-refractivity contribution in [3.05, 3.63) is 41.7 Å². The molecule has 2 aromatic carbocycles. The van der Waals surface area contributed by atoms with Crippen LogP contribution >= 0.6 is 11.6 Å². The number of benzene rings is 2. The summed E-state index contributed by atoms with van der Waals surface area (Å²) in [5, 5.41) is 4.58. The molecule has 1 amide bonds. The molecule has 0 saturated heterocycles. The summed E-state index contributed by atoms with van der Waals surface area (Å²) < 4.78 is 99.6. The van der Waals surface area contributed by atoms with Gasteiger partial charge in [-0.2, -0.15) is 31.8 Å². The summed E-state index contributed by atoms with van der Waals surface area (Å²) in [5.74, 6) is -2.49. The first-order valence-corrected chi connectivity index (χ1v) is 17.6. The van der Waals surface area contributed by atoms with Gasteiger partial charge in [-0.25, -0.2) is 12.6 Å². The number of carbonyl (C=O) groups excluding carboxylic acids is 2. The van der Waals surface area contributed by atoms with Crippen LogP contribution in [0.1, 0.15) is 20.3 Å². The van der Waals surface area contributed by atoms with Gasteiger partial charge in [-0.05, 0) is 49.7 Å². The van der Waals surface area contributed by atoms with Crippen LogP contribution in [0.4, 0.5) is 29.0 Å². The standard InChI is InChI=1S/C24H27ClN6O12S3/c1-4-31(15-6-5-7-16(11-15)44(34,35)9-8-43-46(39,40)41)24-29-22(25)28-23(30-24)27-18-12-19(42-3)17(13-20(18)45(36,37)38)26-21(33)10-14(2)32/h5-7,11-13H,4,8-10H2,1-3H3,(H,26,33)(H,36,37,38)(H,39,40,41)(H,27,28,29,30). The van der Waals surface area contributed by atoms with Crippen LogP contribution in [-0.4, -0.2) is 87.0 Å². The fraction of sp³-hybridized carbons (Fsp3) is 0.292. The molecule has 3 rings (SSSR count). The number of nitrogens with zero attached hydrogens (tertiary/aromatic N) is 4. The van der Waals surface area contributed by atoms with E-state index in [2.05, 4.69) is 29.8 Å². The Kier molecular flexibility index (Phi) is 11.6. The first-order valence-electron chi connectivity index (χ1n) is 12.7. The minimum atomic E-state index is -4.94. The maximum Gasteiger partial charge on any atom is 0.397 e. The number of hydrogen-bond acceptors (Lipinski definition) is 15. The Morgan fingerprint density at radius 1 is 1.00 bits per heavy atom. The highest BCUT2D eigenvalue weighted by atomic mass is 35.5. The predicted octanol–water partition coefficient (Wildman–Crippen LogP) is 2.19. The van der Waals surface area contributed by atoms with E-state index in [1.54, 1.807) is 6.92 Å². The Bertz CT molecular complexity index is 1980. The average Bonchev–Trinajstić information content (AvgIpc) is 2.92. The van der Waals surface area contributed by atoms with Crippen molar-refractivity contribution in [1.82, 2.24) is 15.0 Å². The average molecular weight is 723 g/mol. The highest BCUT2D eigenvalue weighted by Gasteiger charge is 2.24. The number of sulfone groups is 1. The lowest BCUT2D eigenvalue weighted by atomic mass is 10.2. The number of hydrogen-bond donors (Lipinski definition) is 4. The van der Waals surface area contributed by atoms with Gasteiger partial charge >= 0.3 is 10.4 Å². The lowest BCUT2D eigenvalue weighted by molar-refractivity contribution is -0.124. The quantitative estimate of drug-likeness (QED) is 0.129. The van der Waals surface area contributed by atoms with E-state index in [1.165, 1.54) is 43.2 Å². The zero-order valence-electron chi connectivity index (χ0n) is 24.2. The summed E-state index contributed by atoms with van der Waals surface area (Å²) in [5.41, 5.74) is -0.225. The molecule has 250 valence electrons. The van der Waals surface area contributed by atoms with E-state index in [0.717, 1.165) is 12.1 Å². The second-order valence-corrected chi connectivity index (χ2v) is 14.0. The Labute approximate surface area is 268 Å². The normalized spacial score (nSPS) is 12.0. The molecular formula is C24H27ClN6O12S3. The molecular weight excluding hydrogens is 696 g/mol. The van der Waals surface area contributed by atoms with Crippen LogP contribution in [0.5, 0.6) is 5.75 Å². The molecule has 0 aliphatic carbocycles. The Hall–Kier alpha value is -3.99. The summed E-state index contributed by atoms with van der Waals surface area (Å²) in [6.07, 6.45) is -0.498. The summed E-state index contributed by atoms with van der Waals surface area (Å²) >= 11 is 6.14. The zero-order valence-corrected chi connectivity index (χ0v) is 27.4. The monoisotopic (exact) mass is 722 g/mol. The number of ketones is 1. The highest BCUT2D eigenvalue weighted by molar-refractivity contribution is 7.91. The van der Waals surface area contributed by atoms with Crippen LogP contribution in [0.15, 0.2) is 46.2 Å². The van der Waals surface area contributed by atoms with Gasteiger partial charge in [0.15, 0.2) is 9.84 Å². The van der Waals surface area contributed by atoms with Crippen molar-refractivity contribution in [2.24, 2.45) is 0 Å². The number of aromatic nitrogens is 3. The number of anilines is 5. The van der Waals surface area contributed by atoms with E-state index in [1.807, 2.05) is 0 Å². The van der Waals surface area contributed by atoms with Crippen molar-refractivity contribution in [3.8, 4) is 5.75 Å². The number of methoxy groups -OCH3 is 1. The minimum absolute atomic E-state index is 0.0672. The van der Waals surface area contributed by atoms with Crippen LogP contribution in [0.2, 0.25) is 5.28 Å². The molecule has 4 N–H and O–H groups in total. The molecule has 1 aromatic heterocycles. The minimum Gasteiger partial charge on any atom is -0.494 e. The van der Waals surface area contributed by atoms with E-state index in [9.17, 15) is 39.4 Å². The van der Waals surface area contributed by atoms with E-state index in [-0.39, 0.29) is 51.4 Å². The molecule has 0 spiro atoms. The molecule has 0 aliphatic rings. The number of halogens is 1. The first kappa shape index (κ1) is 36.5. The first-order chi connectivity index (χ1) is 21.3. The van der Waals surface area contributed by atoms with Gasteiger partial charge < -0.3 is 20.3 Å². The van der Waals surface area contributed by atoms with Gasteiger partial charge in [-0.3, -0.25) is 18.7 Å². The SMILES string of the molecule is CCN(c1cccc(S(=O)(=O)CCOS(=O)(=O)O)c1)c1nc(Cl)nc(Nc2cc(OC)c(NC(=O)CC(C)=O)cc2S(=O)(=O)O)n1. The van der Waals surface area contributed by atoms with Gasteiger partial charge in [0.05, 0.1) is 42.2 Å². The summed E-state index contributed by atoms with van der Waals surface area (Å²) in [6, 6.07) is 7.42. The van der Waals surface area contributed by atoms with Crippen LogP contribution in [0.25, 0.3) is 0 Å². The lowest BCUT2D eigenvalue weighted by Crippen LogP contribution is -2.21. The number of Topliss-reactive ketones (excluding diaryl/α,β-unsaturated/α-hetero) is 1. The van der Waals surface area contributed by atoms with E-state index >= 15 is 0 Å². The van der Waals surface area contributed by atoms with Gasteiger partial charge in [-0.1, -0.05) is 6.07 Å². The zero-order chi connectivity index (χ0) is 34.4. The highest BCUT2D eigenvalue weighted by Crippen LogP contribution is 2.36. The lowest BCUT2D eigenvalue weighted by Gasteiger charge is -2.22. The molecule has 1 heterocycles. The van der Waals surface area contributed by atoms with Crippen molar-refractivity contribution in [2.75, 3.05) is 41.5 Å². The van der Waals surface area contributed by atoms with Gasteiger partial charge in [0.2, 0.25) is 23.1 Å². The van der Waals surface area contributed by atoms with Crippen LogP contribution < -0.4 is 20.3 Å². The number of ether oxygens (including phenoxy) is 1. The smallest absolute Gasteiger partial charge is 0.397 e. The van der Waals surface area contributed by atoms with Crippen molar-refractivity contribution in [2.45, 2.75) is 30.1 Å². The molecule has 0 aliphatic heterocycles. The maximum atomic E-state index is 12.8. The fourth-order valence-electron chi connectivity index (χ4n) is 3.85. The van der Waals surface area contributed by atoms with Crippen molar-refractivity contribution in [1.29, 1.82) is 0 Å². The molecule has 18 nitrogen and oxygen atoms in total. The second kappa shape index (κ2) is 14.6. The second-order valence-electron chi connectivity index (χ2n) is 9.11. The van der Waals surface area contributed by atoms with Gasteiger partial charge in [-0.15, -0.1) is 0 Å². The summed E-state index contributed by atoms with van der Waals surface area (Å²) in [4.78, 5) is 36.2. The van der Waals surface area contributed by atoms with E-state index in [0.29, 0.717) is 0 Å².